The summed E-state index contributed by atoms with van der Waals surface area (Å²) in [5.41, 5.74) is 5.52. The summed E-state index contributed by atoms with van der Waals surface area (Å²) in [6.45, 7) is 4.07. The normalized spacial score (nSPS) is 12.8. The Bertz CT molecular complexity index is 483. The van der Waals surface area contributed by atoms with E-state index in [1.165, 1.54) is 23.1 Å². The standard InChI is InChI=1S/C9H13N5OS2/c1-3-4-6-11-7(15-14-6)5(2)16-9-13-12-8(10)17-9/h5H,3-4H2,1-2H3,(H2,10,12). The molecule has 92 valence electrons. The molecule has 17 heavy (non-hydrogen) atoms. The second-order valence-electron chi connectivity index (χ2n) is 3.47. The van der Waals surface area contributed by atoms with Crippen molar-refractivity contribution in [1.29, 1.82) is 0 Å². The number of hydrogen-bond donors (Lipinski definition) is 1. The summed E-state index contributed by atoms with van der Waals surface area (Å²) in [5, 5.41) is 12.1. The van der Waals surface area contributed by atoms with Crippen LogP contribution in [0.2, 0.25) is 0 Å². The molecule has 0 saturated heterocycles. The zero-order valence-electron chi connectivity index (χ0n) is 9.58. The van der Waals surface area contributed by atoms with Crippen LogP contribution in [0.5, 0.6) is 0 Å². The summed E-state index contributed by atoms with van der Waals surface area (Å²) >= 11 is 2.87. The minimum Gasteiger partial charge on any atom is -0.374 e. The molecule has 0 saturated carbocycles. The molecule has 2 aromatic heterocycles. The van der Waals surface area contributed by atoms with E-state index in [0.29, 0.717) is 11.0 Å². The molecule has 1 unspecified atom stereocenters. The number of anilines is 1. The van der Waals surface area contributed by atoms with Crippen LogP contribution in [0.3, 0.4) is 0 Å². The highest BCUT2D eigenvalue weighted by molar-refractivity contribution is 8.01. The van der Waals surface area contributed by atoms with Gasteiger partial charge in [-0.05, 0) is 13.3 Å². The van der Waals surface area contributed by atoms with E-state index in [4.69, 9.17) is 10.3 Å². The van der Waals surface area contributed by atoms with Gasteiger partial charge in [-0.2, -0.15) is 4.98 Å². The Morgan fingerprint density at radius 2 is 2.29 bits per heavy atom. The summed E-state index contributed by atoms with van der Waals surface area (Å²) in [6.07, 6.45) is 1.85. The Morgan fingerprint density at radius 3 is 2.94 bits per heavy atom. The number of nitrogen functional groups attached to an aromatic ring is 1. The van der Waals surface area contributed by atoms with Crippen LogP contribution < -0.4 is 5.73 Å². The van der Waals surface area contributed by atoms with E-state index in [2.05, 4.69) is 27.3 Å². The lowest BCUT2D eigenvalue weighted by atomic mass is 10.3. The first-order valence-electron chi connectivity index (χ1n) is 5.27. The molecule has 8 heteroatoms. The summed E-state index contributed by atoms with van der Waals surface area (Å²) in [5.74, 6) is 1.37. The van der Waals surface area contributed by atoms with Gasteiger partial charge in [0.2, 0.25) is 11.0 Å². The first-order valence-corrected chi connectivity index (χ1v) is 6.96. The maximum absolute atomic E-state index is 5.52. The quantitative estimate of drug-likeness (QED) is 0.834. The van der Waals surface area contributed by atoms with Gasteiger partial charge < -0.3 is 10.3 Å². The van der Waals surface area contributed by atoms with Gasteiger partial charge in [0.25, 0.3) is 0 Å². The van der Waals surface area contributed by atoms with Crippen molar-refractivity contribution in [2.75, 3.05) is 5.73 Å². The lowest BCUT2D eigenvalue weighted by molar-refractivity contribution is 0.374. The van der Waals surface area contributed by atoms with E-state index < -0.39 is 0 Å². The summed E-state index contributed by atoms with van der Waals surface area (Å²) < 4.78 is 6.01. The lowest BCUT2D eigenvalue weighted by Crippen LogP contribution is -1.90. The molecule has 2 aromatic rings. The first kappa shape index (κ1) is 12.3. The van der Waals surface area contributed by atoms with Crippen molar-refractivity contribution in [3.05, 3.63) is 11.7 Å². The largest absolute Gasteiger partial charge is 0.374 e. The second kappa shape index (κ2) is 5.46. The van der Waals surface area contributed by atoms with Crippen LogP contribution in [0.4, 0.5) is 5.13 Å². The Kier molecular flexibility index (Phi) is 3.95. The maximum Gasteiger partial charge on any atom is 0.239 e. The summed E-state index contributed by atoms with van der Waals surface area (Å²) in [7, 11) is 0. The predicted molar refractivity (Wildman–Crippen MR) is 66.9 cm³/mol. The number of nitrogens with zero attached hydrogens (tertiary/aromatic N) is 4. The van der Waals surface area contributed by atoms with Crippen molar-refractivity contribution in [2.24, 2.45) is 0 Å². The third-order valence-electron chi connectivity index (χ3n) is 2.00. The van der Waals surface area contributed by atoms with Gasteiger partial charge in [0.15, 0.2) is 10.2 Å². The molecule has 2 rings (SSSR count). The molecule has 2 heterocycles. The zero-order valence-corrected chi connectivity index (χ0v) is 11.2. The maximum atomic E-state index is 5.52. The van der Waals surface area contributed by atoms with Crippen LogP contribution >= 0.6 is 23.1 Å². The topological polar surface area (TPSA) is 90.7 Å². The number of hydrogen-bond acceptors (Lipinski definition) is 8. The number of rotatable bonds is 5. The van der Waals surface area contributed by atoms with Crippen LogP contribution in [0.25, 0.3) is 0 Å². The van der Waals surface area contributed by atoms with E-state index in [9.17, 15) is 0 Å². The van der Waals surface area contributed by atoms with Gasteiger partial charge in [0, 0.05) is 6.42 Å². The fourth-order valence-corrected chi connectivity index (χ4v) is 3.04. The van der Waals surface area contributed by atoms with Gasteiger partial charge in [-0.1, -0.05) is 35.2 Å². The average molecular weight is 271 g/mol. The van der Waals surface area contributed by atoms with Gasteiger partial charge >= 0.3 is 0 Å². The highest BCUT2D eigenvalue weighted by Gasteiger charge is 2.17. The van der Waals surface area contributed by atoms with Crippen molar-refractivity contribution in [1.82, 2.24) is 20.3 Å². The third kappa shape index (κ3) is 3.16. The van der Waals surface area contributed by atoms with Crippen molar-refractivity contribution < 1.29 is 4.52 Å². The van der Waals surface area contributed by atoms with Gasteiger partial charge in [-0.25, -0.2) is 0 Å². The van der Waals surface area contributed by atoms with Gasteiger partial charge in [0.05, 0.1) is 5.25 Å². The molecule has 0 aliphatic rings. The van der Waals surface area contributed by atoms with Gasteiger partial charge in [0.1, 0.15) is 0 Å². The van der Waals surface area contributed by atoms with Crippen LogP contribution in [-0.2, 0) is 6.42 Å². The molecule has 0 aliphatic heterocycles. The van der Waals surface area contributed by atoms with E-state index in [0.717, 1.165) is 23.0 Å². The molecule has 0 bridgehead atoms. The fraction of sp³-hybridized carbons (Fsp3) is 0.556. The van der Waals surface area contributed by atoms with Crippen molar-refractivity contribution >= 4 is 28.2 Å². The van der Waals surface area contributed by atoms with Gasteiger partial charge in [-0.3, -0.25) is 0 Å². The molecular formula is C9H13N5OS2. The molecular weight excluding hydrogens is 258 g/mol. The molecule has 0 fully saturated rings. The predicted octanol–water partition coefficient (Wildman–Crippen LogP) is 2.31. The minimum absolute atomic E-state index is 0.0560. The Labute approximate surface area is 107 Å². The fourth-order valence-electron chi connectivity index (χ4n) is 1.23. The van der Waals surface area contributed by atoms with Crippen molar-refractivity contribution in [2.45, 2.75) is 36.3 Å². The molecule has 6 nitrogen and oxygen atoms in total. The minimum atomic E-state index is 0.0560. The highest BCUT2D eigenvalue weighted by Crippen LogP contribution is 2.35. The molecule has 1 atom stereocenters. The highest BCUT2D eigenvalue weighted by atomic mass is 32.2. The molecule has 0 aliphatic carbocycles. The van der Waals surface area contributed by atoms with Crippen molar-refractivity contribution in [3.8, 4) is 0 Å². The van der Waals surface area contributed by atoms with Gasteiger partial charge in [-0.15, -0.1) is 10.2 Å². The molecule has 0 spiro atoms. The second-order valence-corrected chi connectivity index (χ2v) is 6.06. The number of thioether (sulfide) groups is 1. The van der Waals surface area contributed by atoms with E-state index in [1.54, 1.807) is 0 Å². The van der Waals surface area contributed by atoms with E-state index in [1.807, 2.05) is 6.92 Å². The SMILES string of the molecule is CCCc1noc(C(C)Sc2nnc(N)s2)n1. The number of nitrogens with two attached hydrogens (primary N) is 1. The summed E-state index contributed by atoms with van der Waals surface area (Å²) in [6, 6.07) is 0. The molecule has 0 aromatic carbocycles. The van der Waals surface area contributed by atoms with E-state index in [-0.39, 0.29) is 5.25 Å². The Morgan fingerprint density at radius 1 is 1.47 bits per heavy atom. The van der Waals surface area contributed by atoms with Crippen LogP contribution in [0.15, 0.2) is 8.86 Å². The molecule has 0 radical (unpaired) electrons. The molecule has 0 amide bonds. The Hall–Kier alpha value is -1.15. The lowest BCUT2D eigenvalue weighted by Gasteiger charge is -2.00. The first-order chi connectivity index (χ1) is 8.19. The van der Waals surface area contributed by atoms with Crippen LogP contribution in [0, 0.1) is 0 Å². The number of aromatic nitrogens is 4. The van der Waals surface area contributed by atoms with E-state index >= 15 is 0 Å². The van der Waals surface area contributed by atoms with Crippen LogP contribution in [-0.4, -0.2) is 20.3 Å². The van der Waals surface area contributed by atoms with Crippen molar-refractivity contribution in [3.63, 3.8) is 0 Å². The molecule has 2 N–H and O–H groups in total. The summed E-state index contributed by atoms with van der Waals surface area (Å²) in [4.78, 5) is 4.33. The average Bonchev–Trinajstić information content (AvgIpc) is 2.88. The number of aryl methyl sites for hydroxylation is 1. The monoisotopic (exact) mass is 271 g/mol. The smallest absolute Gasteiger partial charge is 0.239 e. The Balaban J connectivity index is 2.01. The zero-order chi connectivity index (χ0) is 12.3. The van der Waals surface area contributed by atoms with Crippen LogP contribution in [0.1, 0.15) is 37.2 Å². The third-order valence-corrected chi connectivity index (χ3v) is 3.93.